The van der Waals surface area contributed by atoms with Crippen LogP contribution in [0.3, 0.4) is 0 Å². The first-order chi connectivity index (χ1) is 14.9. The first kappa shape index (κ1) is 19.9. The van der Waals surface area contributed by atoms with E-state index in [9.17, 15) is 13.2 Å². The van der Waals surface area contributed by atoms with E-state index in [2.05, 4.69) is 34.6 Å². The number of carbonyl (C=O) groups is 1. The molecule has 1 amide bonds. The van der Waals surface area contributed by atoms with Gasteiger partial charge in [-0.3, -0.25) is 4.79 Å². The first-order valence-electron chi connectivity index (χ1n) is 10.0. The van der Waals surface area contributed by atoms with Crippen molar-refractivity contribution in [3.05, 3.63) is 66.2 Å². The van der Waals surface area contributed by atoms with E-state index in [1.807, 2.05) is 19.1 Å². The molecule has 3 aromatic carbocycles. The van der Waals surface area contributed by atoms with Gasteiger partial charge in [0.1, 0.15) is 0 Å². The second kappa shape index (κ2) is 7.59. The van der Waals surface area contributed by atoms with Crippen LogP contribution in [-0.2, 0) is 14.6 Å². The number of fused-ring (bicyclic) bond motifs is 3. The van der Waals surface area contributed by atoms with Crippen LogP contribution in [0.1, 0.15) is 18.4 Å². The van der Waals surface area contributed by atoms with Gasteiger partial charge in [-0.05, 0) is 36.2 Å². The van der Waals surface area contributed by atoms with Crippen molar-refractivity contribution in [1.29, 1.82) is 0 Å². The van der Waals surface area contributed by atoms with Gasteiger partial charge in [0.15, 0.2) is 15.0 Å². The van der Waals surface area contributed by atoms with Crippen LogP contribution < -0.4 is 5.32 Å². The van der Waals surface area contributed by atoms with Crippen molar-refractivity contribution >= 4 is 43.0 Å². The van der Waals surface area contributed by atoms with E-state index < -0.39 is 9.84 Å². The number of anilines is 1. The maximum absolute atomic E-state index is 12.4. The fourth-order valence-electron chi connectivity index (χ4n) is 3.93. The van der Waals surface area contributed by atoms with Crippen molar-refractivity contribution < 1.29 is 13.2 Å². The number of sulfone groups is 1. The minimum absolute atomic E-state index is 0.0623. The van der Waals surface area contributed by atoms with Gasteiger partial charge in [-0.2, -0.15) is 0 Å². The van der Waals surface area contributed by atoms with E-state index in [0.29, 0.717) is 10.0 Å². The smallest absolute Gasteiger partial charge is 0.226 e. The molecule has 0 saturated carbocycles. The maximum atomic E-state index is 12.4. The fraction of sp³-hybridized carbons (Fsp3) is 0.167. The van der Waals surface area contributed by atoms with Crippen molar-refractivity contribution in [2.75, 3.05) is 11.1 Å². The summed E-state index contributed by atoms with van der Waals surface area (Å²) in [6, 6.07) is 19.1. The summed E-state index contributed by atoms with van der Waals surface area (Å²) < 4.78 is 24.9. The van der Waals surface area contributed by atoms with Gasteiger partial charge in [-0.25, -0.2) is 13.4 Å². The Morgan fingerprint density at radius 1 is 1.00 bits per heavy atom. The highest BCUT2D eigenvalue weighted by atomic mass is 32.2. The maximum Gasteiger partial charge on any atom is 0.226 e. The molecule has 0 atom stereocenters. The van der Waals surface area contributed by atoms with Gasteiger partial charge in [-0.1, -0.05) is 65.4 Å². The first-order valence-corrected chi connectivity index (χ1v) is 12.5. The lowest BCUT2D eigenvalue weighted by Gasteiger charge is -2.05. The van der Waals surface area contributed by atoms with Crippen LogP contribution >= 0.6 is 11.3 Å². The fourth-order valence-corrected chi connectivity index (χ4v) is 6.27. The van der Waals surface area contributed by atoms with E-state index in [4.69, 9.17) is 0 Å². The highest BCUT2D eigenvalue weighted by Gasteiger charge is 2.26. The van der Waals surface area contributed by atoms with Crippen LogP contribution in [0.2, 0.25) is 0 Å². The summed E-state index contributed by atoms with van der Waals surface area (Å²) in [5.74, 6) is -0.286. The summed E-state index contributed by atoms with van der Waals surface area (Å²) in [4.78, 5) is 18.4. The second-order valence-corrected chi connectivity index (χ2v) is 10.8. The van der Waals surface area contributed by atoms with Gasteiger partial charge in [0, 0.05) is 17.5 Å². The zero-order valence-electron chi connectivity index (χ0n) is 16.9. The van der Waals surface area contributed by atoms with Crippen molar-refractivity contribution in [3.63, 3.8) is 0 Å². The number of rotatable bonds is 6. The topological polar surface area (TPSA) is 76.1 Å². The molecular weight excluding hydrogens is 428 g/mol. The molecule has 0 saturated heterocycles. The van der Waals surface area contributed by atoms with Crippen molar-refractivity contribution in [2.45, 2.75) is 24.7 Å². The van der Waals surface area contributed by atoms with Gasteiger partial charge in [-0.15, -0.1) is 0 Å². The average molecular weight is 449 g/mol. The number of hydrogen-bond acceptors (Lipinski definition) is 5. The lowest BCUT2D eigenvalue weighted by Crippen LogP contribution is -2.14. The Bertz CT molecular complexity index is 1360. The molecule has 1 N–H and O–H groups in total. The minimum atomic E-state index is -3.39. The summed E-state index contributed by atoms with van der Waals surface area (Å²) in [7, 11) is -3.39. The van der Waals surface area contributed by atoms with Crippen LogP contribution in [0.25, 0.3) is 32.5 Å². The molecule has 1 aliphatic carbocycles. The number of aryl methyl sites for hydroxylation is 1. The molecule has 1 aromatic heterocycles. The van der Waals surface area contributed by atoms with Crippen molar-refractivity contribution in [2.24, 2.45) is 0 Å². The molecule has 0 bridgehead atoms. The van der Waals surface area contributed by atoms with Gasteiger partial charge in [0.25, 0.3) is 0 Å². The molecule has 31 heavy (non-hydrogen) atoms. The number of thiazole rings is 1. The molecule has 0 radical (unpaired) electrons. The van der Waals surface area contributed by atoms with Gasteiger partial charge in [0.2, 0.25) is 5.91 Å². The largest absolute Gasteiger partial charge is 0.302 e. The van der Waals surface area contributed by atoms with Crippen molar-refractivity contribution in [1.82, 2.24) is 4.98 Å². The molecule has 0 unspecified atom stereocenters. The van der Waals surface area contributed by atoms with Gasteiger partial charge in [0.05, 0.1) is 21.2 Å². The summed E-state index contributed by atoms with van der Waals surface area (Å²) in [5.41, 5.74) is 4.14. The summed E-state index contributed by atoms with van der Waals surface area (Å²) in [6.07, 6.45) is 0.386. The number of hydrogen-bond donors (Lipinski definition) is 1. The lowest BCUT2D eigenvalue weighted by molar-refractivity contribution is -0.116. The molecule has 1 heterocycles. The Morgan fingerprint density at radius 3 is 2.45 bits per heavy atom. The molecule has 5 rings (SSSR count). The average Bonchev–Trinajstić information content (AvgIpc) is 3.28. The predicted octanol–water partition coefficient (Wildman–Crippen LogP) is 5.44. The number of carbonyl (C=O) groups excluding carboxylic acids is 1. The number of nitrogens with zero attached hydrogens (tertiary/aromatic N) is 1. The monoisotopic (exact) mass is 448 g/mol. The van der Waals surface area contributed by atoms with Crippen LogP contribution in [-0.4, -0.2) is 25.1 Å². The summed E-state index contributed by atoms with van der Waals surface area (Å²) >= 11 is 1.46. The van der Waals surface area contributed by atoms with Gasteiger partial charge >= 0.3 is 0 Å². The third kappa shape index (κ3) is 3.64. The quantitative estimate of drug-likeness (QED) is 0.375. The lowest BCUT2D eigenvalue weighted by atomic mass is 10.0. The number of amides is 1. The van der Waals surface area contributed by atoms with E-state index in [-0.39, 0.29) is 24.5 Å². The zero-order chi connectivity index (χ0) is 21.6. The predicted molar refractivity (Wildman–Crippen MR) is 125 cm³/mol. The van der Waals surface area contributed by atoms with E-state index in [1.165, 1.54) is 22.1 Å². The Balaban J connectivity index is 1.25. The number of aromatic nitrogens is 1. The molecule has 1 aliphatic rings. The summed E-state index contributed by atoms with van der Waals surface area (Å²) in [5, 5.41) is 5.77. The Hall–Kier alpha value is -3.03. The Morgan fingerprint density at radius 2 is 1.71 bits per heavy atom. The molecule has 0 fully saturated rings. The van der Waals surface area contributed by atoms with Crippen LogP contribution in [0.15, 0.2) is 65.6 Å². The minimum Gasteiger partial charge on any atom is -0.302 e. The molecule has 7 heteroatoms. The third-order valence-electron chi connectivity index (χ3n) is 5.47. The highest BCUT2D eigenvalue weighted by molar-refractivity contribution is 7.91. The zero-order valence-corrected chi connectivity index (χ0v) is 18.5. The molecular formula is C24H20N2O3S2. The van der Waals surface area contributed by atoms with Crippen molar-refractivity contribution in [3.8, 4) is 21.7 Å². The standard InChI is InChI=1S/C24H20N2O3S2/c1-15-10-12-17(13-11-15)31(28,29)14-4-9-20(27)25-24-26-22-18-7-2-5-16-6-3-8-19(21(16)18)23(22)30-24/h2-3,5-8,10-13H,4,9,14H2,1H3,(H,25,26,27). The Labute approximate surface area is 184 Å². The molecule has 0 spiro atoms. The molecule has 156 valence electrons. The normalized spacial score (nSPS) is 12.2. The third-order valence-corrected chi connectivity index (χ3v) is 8.30. The second-order valence-electron chi connectivity index (χ2n) is 7.69. The summed E-state index contributed by atoms with van der Waals surface area (Å²) in [6.45, 7) is 1.91. The number of nitrogens with one attached hydrogen (secondary N) is 1. The van der Waals surface area contributed by atoms with Gasteiger partial charge < -0.3 is 5.32 Å². The van der Waals surface area contributed by atoms with E-state index >= 15 is 0 Å². The van der Waals surface area contributed by atoms with Crippen LogP contribution in [0.5, 0.6) is 0 Å². The molecule has 0 aliphatic heterocycles. The molecule has 5 nitrogen and oxygen atoms in total. The Kier molecular flexibility index (Phi) is 4.87. The molecule has 4 aromatic rings. The van der Waals surface area contributed by atoms with Crippen LogP contribution in [0.4, 0.5) is 5.13 Å². The number of benzene rings is 3. The highest BCUT2D eigenvalue weighted by Crippen LogP contribution is 2.50. The van der Waals surface area contributed by atoms with E-state index in [1.54, 1.807) is 24.3 Å². The van der Waals surface area contributed by atoms with Crippen LogP contribution in [0, 0.1) is 6.92 Å². The SMILES string of the molecule is Cc1ccc(S(=O)(=O)CCCC(=O)Nc2nc3c(s2)-c2cccc4cccc-3c24)cc1. The van der Waals surface area contributed by atoms with E-state index in [0.717, 1.165) is 27.3 Å².